The van der Waals surface area contributed by atoms with Crippen LogP contribution in [-0.4, -0.2) is 89.1 Å². The molecule has 0 aliphatic carbocycles. The van der Waals surface area contributed by atoms with Crippen LogP contribution in [0, 0.1) is 25.7 Å². The Hall–Kier alpha value is -4.28. The second-order valence-corrected chi connectivity index (χ2v) is 13.8. The minimum absolute atomic E-state index is 0.0443. The third kappa shape index (κ3) is 6.75. The van der Waals surface area contributed by atoms with E-state index >= 15 is 0 Å². The van der Waals surface area contributed by atoms with E-state index in [1.165, 1.54) is 0 Å². The van der Waals surface area contributed by atoms with E-state index in [4.69, 9.17) is 9.47 Å². The van der Waals surface area contributed by atoms with Crippen LogP contribution in [0.15, 0.2) is 73.8 Å². The third-order valence-corrected chi connectivity index (χ3v) is 10.8. The number of fused-ring (bicyclic) bond motifs is 1. The number of nitrogens with zero attached hydrogens (tertiary/aromatic N) is 3. The van der Waals surface area contributed by atoms with Gasteiger partial charge in [0.05, 0.1) is 24.0 Å². The molecular weight excluding hydrogens is 634 g/mol. The maximum absolute atomic E-state index is 14.9. The van der Waals surface area contributed by atoms with E-state index in [9.17, 15) is 24.3 Å². The number of carbonyl (C=O) groups is 4. The normalized spacial score (nSPS) is 24.7. The van der Waals surface area contributed by atoms with E-state index < -0.39 is 47.7 Å². The molecule has 2 aromatic carbocycles. The number of para-hydroxylation sites is 1. The van der Waals surface area contributed by atoms with Gasteiger partial charge in [-0.05, 0) is 69.6 Å². The van der Waals surface area contributed by atoms with Crippen LogP contribution in [0.1, 0.15) is 68.2 Å². The van der Waals surface area contributed by atoms with Crippen molar-refractivity contribution in [1.29, 1.82) is 0 Å². The fourth-order valence-corrected chi connectivity index (χ4v) is 8.26. The lowest BCUT2D eigenvalue weighted by Gasteiger charge is -2.37. The number of amides is 3. The van der Waals surface area contributed by atoms with Crippen molar-refractivity contribution in [3.05, 3.63) is 90.5 Å². The van der Waals surface area contributed by atoms with Crippen LogP contribution in [0.3, 0.4) is 0 Å². The number of allylic oxidation sites excluding steroid dienone is 1. The highest BCUT2D eigenvalue weighted by Gasteiger charge is 2.75. The monoisotopic (exact) mass is 685 g/mol. The standard InChI is InChI=1S/C40H51N3O7/c1-7-9-20-31(45)41(6)28(5)35(29-18-11-10-12-19-29)49-39(48)32-30-21-22-40(50-30)33(32)37(46)43(24-13-14-25-44)36(40)38(47)42(23-8-2)34-26(3)16-15-17-27(34)4/h7-8,10-12,15-19,28,30,32-33,35-36,44H,1-2,9,13-14,20-25H2,3-6H3/t28-,30+,32-,33-,35+,36+,40-/m0/s1. The SMILES string of the molecule is C=CCCC(=O)N(C)[C@@H](C)[C@@H](OC(=O)[C@@H]1[C@H]2C(=O)N(CCCCO)[C@H](C(=O)N(CC=C)c3c(C)cccc3C)[C@]23CC[C@H]1O3)c1ccccc1. The molecule has 3 aliphatic rings. The number of carbonyl (C=O) groups excluding carboxylic acids is 4. The van der Waals surface area contributed by atoms with Gasteiger partial charge < -0.3 is 29.3 Å². The van der Waals surface area contributed by atoms with Crippen molar-refractivity contribution in [2.75, 3.05) is 31.6 Å². The fourth-order valence-electron chi connectivity index (χ4n) is 8.26. The fraction of sp³-hybridized carbons (Fsp3) is 0.500. The summed E-state index contributed by atoms with van der Waals surface area (Å²) in [6.45, 7) is 13.8. The van der Waals surface area contributed by atoms with E-state index in [-0.39, 0.29) is 43.8 Å². The van der Waals surface area contributed by atoms with Crippen LogP contribution < -0.4 is 4.90 Å². The summed E-state index contributed by atoms with van der Waals surface area (Å²) < 4.78 is 13.0. The first-order chi connectivity index (χ1) is 24.0. The van der Waals surface area contributed by atoms with Crippen LogP contribution in [-0.2, 0) is 28.7 Å². The van der Waals surface area contributed by atoms with Crippen LogP contribution in [0.5, 0.6) is 0 Å². The number of likely N-dealkylation sites (tertiary alicyclic amines) is 1. The molecule has 2 bridgehead atoms. The Morgan fingerprint density at radius 3 is 2.42 bits per heavy atom. The van der Waals surface area contributed by atoms with Crippen molar-refractivity contribution in [2.45, 2.75) is 89.2 Å². The molecule has 3 fully saturated rings. The predicted octanol–water partition coefficient (Wildman–Crippen LogP) is 5.07. The molecule has 1 spiro atoms. The van der Waals surface area contributed by atoms with Crippen LogP contribution in [0.4, 0.5) is 5.69 Å². The molecule has 3 aliphatic heterocycles. The molecule has 3 amide bonds. The number of hydrogen-bond donors (Lipinski definition) is 1. The number of unbranched alkanes of at least 4 members (excludes halogenated alkanes) is 1. The molecule has 0 radical (unpaired) electrons. The first kappa shape index (κ1) is 37.0. The van der Waals surface area contributed by atoms with Gasteiger partial charge in [-0.25, -0.2) is 0 Å². The Kier molecular flexibility index (Phi) is 11.6. The molecule has 5 rings (SSSR count). The number of likely N-dealkylation sites (N-methyl/N-ethyl adjacent to an activating group) is 1. The van der Waals surface area contributed by atoms with Crippen molar-refractivity contribution in [1.82, 2.24) is 9.80 Å². The summed E-state index contributed by atoms with van der Waals surface area (Å²) in [5, 5.41) is 9.56. The summed E-state index contributed by atoms with van der Waals surface area (Å²) in [6, 6.07) is 13.6. The number of anilines is 1. The Bertz CT molecular complexity index is 1570. The van der Waals surface area contributed by atoms with E-state index in [1.807, 2.05) is 69.3 Å². The van der Waals surface area contributed by atoms with Crippen molar-refractivity contribution in [3.63, 3.8) is 0 Å². The number of rotatable bonds is 16. The van der Waals surface area contributed by atoms with Gasteiger partial charge in [0.2, 0.25) is 11.8 Å². The van der Waals surface area contributed by atoms with Crippen molar-refractivity contribution in [3.8, 4) is 0 Å². The van der Waals surface area contributed by atoms with Crippen LogP contribution in [0.2, 0.25) is 0 Å². The molecule has 3 heterocycles. The molecule has 0 aromatic heterocycles. The first-order valence-electron chi connectivity index (χ1n) is 17.7. The molecule has 0 unspecified atom stereocenters. The van der Waals surface area contributed by atoms with Gasteiger partial charge in [0, 0.05) is 38.9 Å². The molecule has 50 heavy (non-hydrogen) atoms. The number of ether oxygens (including phenoxy) is 2. The van der Waals surface area contributed by atoms with Gasteiger partial charge in [-0.3, -0.25) is 19.2 Å². The number of esters is 1. The van der Waals surface area contributed by atoms with Gasteiger partial charge >= 0.3 is 5.97 Å². The largest absolute Gasteiger partial charge is 0.455 e. The maximum Gasteiger partial charge on any atom is 0.313 e. The lowest BCUT2D eigenvalue weighted by Crippen LogP contribution is -2.56. The van der Waals surface area contributed by atoms with Gasteiger partial charge in [0.25, 0.3) is 5.91 Å². The highest BCUT2D eigenvalue weighted by Crippen LogP contribution is 2.59. The van der Waals surface area contributed by atoms with Crippen LogP contribution in [0.25, 0.3) is 0 Å². The average molecular weight is 686 g/mol. The number of aryl methyl sites for hydroxylation is 2. The quantitative estimate of drug-likeness (QED) is 0.149. The zero-order valence-corrected chi connectivity index (χ0v) is 29.8. The molecule has 10 heteroatoms. The summed E-state index contributed by atoms with van der Waals surface area (Å²) in [4.78, 5) is 61.8. The Morgan fingerprint density at radius 1 is 1.08 bits per heavy atom. The zero-order valence-electron chi connectivity index (χ0n) is 29.8. The van der Waals surface area contributed by atoms with Gasteiger partial charge in [-0.1, -0.05) is 60.7 Å². The lowest BCUT2D eigenvalue weighted by atomic mass is 9.70. The lowest BCUT2D eigenvalue weighted by molar-refractivity contribution is -0.164. The molecule has 268 valence electrons. The summed E-state index contributed by atoms with van der Waals surface area (Å²) in [6.07, 6.45) is 4.65. The number of aliphatic hydroxyl groups is 1. The average Bonchev–Trinajstić information content (AvgIpc) is 3.76. The predicted molar refractivity (Wildman–Crippen MR) is 191 cm³/mol. The summed E-state index contributed by atoms with van der Waals surface area (Å²) >= 11 is 0. The highest BCUT2D eigenvalue weighted by atomic mass is 16.6. The minimum Gasteiger partial charge on any atom is -0.455 e. The van der Waals surface area contributed by atoms with Crippen LogP contribution >= 0.6 is 0 Å². The van der Waals surface area contributed by atoms with Crippen molar-refractivity contribution >= 4 is 29.4 Å². The summed E-state index contributed by atoms with van der Waals surface area (Å²) in [7, 11) is 1.70. The second kappa shape index (κ2) is 15.7. The first-order valence-corrected chi connectivity index (χ1v) is 17.7. The summed E-state index contributed by atoms with van der Waals surface area (Å²) in [5.41, 5.74) is 2.09. The van der Waals surface area contributed by atoms with Crippen molar-refractivity contribution < 1.29 is 33.8 Å². The molecule has 7 atom stereocenters. The Balaban J connectivity index is 1.50. The molecule has 1 N–H and O–H groups in total. The van der Waals surface area contributed by atoms with Gasteiger partial charge in [-0.2, -0.15) is 0 Å². The summed E-state index contributed by atoms with van der Waals surface area (Å²) in [5.74, 6) is -3.13. The molecular formula is C40H51N3O7. The third-order valence-electron chi connectivity index (χ3n) is 10.8. The van der Waals surface area contributed by atoms with E-state index in [0.29, 0.717) is 32.1 Å². The van der Waals surface area contributed by atoms with Gasteiger partial charge in [0.1, 0.15) is 17.7 Å². The van der Waals surface area contributed by atoms with Gasteiger partial charge in [0.15, 0.2) is 0 Å². The number of benzene rings is 2. The van der Waals surface area contributed by atoms with Crippen molar-refractivity contribution in [2.24, 2.45) is 11.8 Å². The molecule has 0 saturated carbocycles. The molecule has 2 aromatic rings. The van der Waals surface area contributed by atoms with E-state index in [2.05, 4.69) is 13.2 Å². The maximum atomic E-state index is 14.9. The topological polar surface area (TPSA) is 117 Å². The minimum atomic E-state index is -1.22. The van der Waals surface area contributed by atoms with Gasteiger partial charge in [-0.15, -0.1) is 13.2 Å². The zero-order chi connectivity index (χ0) is 36.2. The highest BCUT2D eigenvalue weighted by molar-refractivity contribution is 6.05. The number of hydrogen-bond acceptors (Lipinski definition) is 7. The Morgan fingerprint density at radius 2 is 1.78 bits per heavy atom. The number of aliphatic hydroxyl groups excluding tert-OH is 1. The Labute approximate surface area is 295 Å². The molecule has 3 saturated heterocycles. The smallest absolute Gasteiger partial charge is 0.313 e. The molecule has 10 nitrogen and oxygen atoms in total. The second-order valence-electron chi connectivity index (χ2n) is 13.8. The van der Waals surface area contributed by atoms with E-state index in [1.54, 1.807) is 33.9 Å². The van der Waals surface area contributed by atoms with E-state index in [0.717, 1.165) is 22.4 Å².